The molecule has 5 nitrogen and oxygen atoms in total. The minimum Gasteiger partial charge on any atom is -0.378 e. The molecule has 0 bridgehead atoms. The van der Waals surface area contributed by atoms with E-state index in [2.05, 4.69) is 28.6 Å². The van der Waals surface area contributed by atoms with E-state index in [-0.39, 0.29) is 6.04 Å². The number of fused-ring (bicyclic) bond motifs is 1. The first-order valence-corrected chi connectivity index (χ1v) is 9.52. The molecule has 3 rings (SSSR count). The number of nitrogens with zero attached hydrogens (tertiary/aromatic N) is 3. The molecule has 0 saturated carbocycles. The summed E-state index contributed by atoms with van der Waals surface area (Å²) >= 11 is 0. The Labute approximate surface area is 141 Å². The molecule has 2 saturated heterocycles. The van der Waals surface area contributed by atoms with E-state index in [1.54, 1.807) is 0 Å². The fourth-order valence-corrected chi connectivity index (χ4v) is 4.60. The zero-order valence-electron chi connectivity index (χ0n) is 14.9. The van der Waals surface area contributed by atoms with E-state index >= 15 is 0 Å². The molecule has 0 amide bonds. The minimum absolute atomic E-state index is 0.0777. The normalized spacial score (nSPS) is 37.5. The first kappa shape index (κ1) is 17.3. The van der Waals surface area contributed by atoms with Gasteiger partial charge in [0.15, 0.2) is 0 Å². The molecule has 0 aliphatic carbocycles. The number of hydrogen-bond acceptors (Lipinski definition) is 5. The monoisotopic (exact) mass is 322 g/mol. The predicted octanol–water partition coefficient (Wildman–Crippen LogP) is 1.23. The predicted molar refractivity (Wildman–Crippen MR) is 95.1 cm³/mol. The van der Waals surface area contributed by atoms with Crippen molar-refractivity contribution < 1.29 is 4.74 Å². The Morgan fingerprint density at radius 3 is 2.96 bits per heavy atom. The van der Waals surface area contributed by atoms with Crippen LogP contribution in [0, 0.1) is 11.8 Å². The highest BCUT2D eigenvalue weighted by molar-refractivity contribution is 5.66. The summed E-state index contributed by atoms with van der Waals surface area (Å²) in [5, 5.41) is 0. The van der Waals surface area contributed by atoms with Crippen LogP contribution in [0.15, 0.2) is 4.99 Å². The first-order chi connectivity index (χ1) is 11.2. The molecule has 4 unspecified atom stereocenters. The Hall–Kier alpha value is -0.490. The molecule has 2 fully saturated rings. The number of rotatable bonds is 5. The molecule has 0 aromatic carbocycles. The Kier molecular flexibility index (Phi) is 6.07. The zero-order valence-corrected chi connectivity index (χ0v) is 14.9. The van der Waals surface area contributed by atoms with Gasteiger partial charge in [-0.15, -0.1) is 0 Å². The Bertz CT molecular complexity index is 402. The molecule has 5 heteroatoms. The Morgan fingerprint density at radius 1 is 1.30 bits per heavy atom. The van der Waals surface area contributed by atoms with Crippen LogP contribution in [0.5, 0.6) is 0 Å². The summed E-state index contributed by atoms with van der Waals surface area (Å²) in [5.41, 5.74) is 6.50. The summed E-state index contributed by atoms with van der Waals surface area (Å²) in [5.74, 6) is 1.29. The van der Waals surface area contributed by atoms with Crippen LogP contribution in [0.2, 0.25) is 0 Å². The maximum atomic E-state index is 6.50. The number of nitrogens with two attached hydrogens (primary N) is 1. The van der Waals surface area contributed by atoms with Crippen molar-refractivity contribution >= 4 is 6.21 Å². The maximum absolute atomic E-state index is 6.50. The van der Waals surface area contributed by atoms with Crippen molar-refractivity contribution in [3.05, 3.63) is 0 Å². The molecule has 23 heavy (non-hydrogen) atoms. The smallest absolute Gasteiger partial charge is 0.0634 e. The quantitative estimate of drug-likeness (QED) is 0.827. The van der Waals surface area contributed by atoms with Crippen molar-refractivity contribution in [3.63, 3.8) is 0 Å². The van der Waals surface area contributed by atoms with Crippen LogP contribution in [-0.4, -0.2) is 80.1 Å². The van der Waals surface area contributed by atoms with Crippen molar-refractivity contribution in [1.29, 1.82) is 0 Å². The van der Waals surface area contributed by atoms with Crippen molar-refractivity contribution in [2.75, 3.05) is 45.9 Å². The van der Waals surface area contributed by atoms with Gasteiger partial charge < -0.3 is 10.5 Å². The molecule has 0 aromatic rings. The van der Waals surface area contributed by atoms with Crippen molar-refractivity contribution in [1.82, 2.24) is 9.80 Å². The number of ether oxygens (including phenoxy) is 1. The fourth-order valence-electron chi connectivity index (χ4n) is 4.60. The molecule has 3 aliphatic rings. The van der Waals surface area contributed by atoms with Crippen molar-refractivity contribution in [2.24, 2.45) is 22.6 Å². The van der Waals surface area contributed by atoms with E-state index in [0.29, 0.717) is 23.9 Å². The summed E-state index contributed by atoms with van der Waals surface area (Å²) in [6.07, 6.45) is 5.88. The Morgan fingerprint density at radius 2 is 2.13 bits per heavy atom. The van der Waals surface area contributed by atoms with Gasteiger partial charge in [0.1, 0.15) is 0 Å². The molecule has 3 aliphatic heterocycles. The van der Waals surface area contributed by atoms with Crippen molar-refractivity contribution in [2.45, 2.75) is 51.2 Å². The number of aliphatic imine (C=N–C) groups is 1. The van der Waals surface area contributed by atoms with Crippen LogP contribution in [0.4, 0.5) is 0 Å². The third-order valence-electron chi connectivity index (χ3n) is 6.06. The fraction of sp³-hybridized carbons (Fsp3) is 0.944. The molecular formula is C18H34N4O. The van der Waals surface area contributed by atoms with Crippen LogP contribution in [0.3, 0.4) is 0 Å². The van der Waals surface area contributed by atoms with Gasteiger partial charge in [0.25, 0.3) is 0 Å². The van der Waals surface area contributed by atoms with Gasteiger partial charge in [-0.3, -0.25) is 14.8 Å². The van der Waals surface area contributed by atoms with Gasteiger partial charge in [-0.25, -0.2) is 0 Å². The van der Waals surface area contributed by atoms with Gasteiger partial charge in [0.2, 0.25) is 0 Å². The summed E-state index contributed by atoms with van der Waals surface area (Å²) in [4.78, 5) is 9.83. The van der Waals surface area contributed by atoms with Crippen LogP contribution >= 0.6 is 0 Å². The lowest BCUT2D eigenvalue weighted by Crippen LogP contribution is -2.65. The lowest BCUT2D eigenvalue weighted by atomic mass is 9.78. The van der Waals surface area contributed by atoms with E-state index in [0.717, 1.165) is 45.9 Å². The van der Waals surface area contributed by atoms with E-state index in [4.69, 9.17) is 10.5 Å². The van der Waals surface area contributed by atoms with Gasteiger partial charge in [0, 0.05) is 51.0 Å². The summed E-state index contributed by atoms with van der Waals surface area (Å²) < 4.78 is 5.70. The molecule has 5 atom stereocenters. The summed E-state index contributed by atoms with van der Waals surface area (Å²) in [6.45, 7) is 11.9. The maximum Gasteiger partial charge on any atom is 0.0634 e. The molecule has 3 heterocycles. The average Bonchev–Trinajstić information content (AvgIpc) is 2.59. The van der Waals surface area contributed by atoms with Crippen LogP contribution < -0.4 is 5.73 Å². The molecule has 0 aromatic heterocycles. The van der Waals surface area contributed by atoms with Gasteiger partial charge in [0.05, 0.1) is 19.3 Å². The molecular weight excluding hydrogens is 288 g/mol. The zero-order chi connectivity index (χ0) is 16.2. The minimum atomic E-state index is 0.0777. The SMILES string of the molecule is CCCCC(C)C1CN=CC(N)C1N1CCN2CCOC[C@@H]2C1. The van der Waals surface area contributed by atoms with Gasteiger partial charge in [-0.1, -0.05) is 33.1 Å². The third kappa shape index (κ3) is 3.95. The highest BCUT2D eigenvalue weighted by Gasteiger charge is 2.40. The molecule has 2 N–H and O–H groups in total. The second-order valence-corrected chi connectivity index (χ2v) is 7.63. The number of unbranched alkanes of at least 4 members (excludes halogenated alkanes) is 1. The van der Waals surface area contributed by atoms with Gasteiger partial charge in [-0.2, -0.15) is 0 Å². The van der Waals surface area contributed by atoms with Crippen LogP contribution in [-0.2, 0) is 4.74 Å². The highest BCUT2D eigenvalue weighted by Crippen LogP contribution is 2.30. The second kappa shape index (κ2) is 8.06. The van der Waals surface area contributed by atoms with Gasteiger partial charge in [-0.05, 0) is 11.8 Å². The van der Waals surface area contributed by atoms with Gasteiger partial charge >= 0.3 is 0 Å². The molecule has 0 spiro atoms. The number of piperazine rings is 1. The largest absolute Gasteiger partial charge is 0.378 e. The molecule has 0 radical (unpaired) electrons. The van der Waals surface area contributed by atoms with E-state index < -0.39 is 0 Å². The third-order valence-corrected chi connectivity index (χ3v) is 6.06. The van der Waals surface area contributed by atoms with Crippen LogP contribution in [0.1, 0.15) is 33.1 Å². The summed E-state index contributed by atoms with van der Waals surface area (Å²) in [7, 11) is 0. The first-order valence-electron chi connectivity index (χ1n) is 9.52. The topological polar surface area (TPSA) is 54.1 Å². The van der Waals surface area contributed by atoms with E-state index in [1.807, 2.05) is 6.21 Å². The number of hydrogen-bond donors (Lipinski definition) is 1. The lowest BCUT2D eigenvalue weighted by Gasteiger charge is -2.50. The average molecular weight is 322 g/mol. The standard InChI is InChI=1S/C18H34N4O/c1-3-4-5-14(2)16-10-20-11-17(19)18(16)22-7-6-21-8-9-23-13-15(21)12-22/h11,14-18H,3-10,12-13,19H2,1-2H3/t14?,15-,16?,17?,18?/m0/s1. The van der Waals surface area contributed by atoms with E-state index in [1.165, 1.54) is 19.3 Å². The highest BCUT2D eigenvalue weighted by atomic mass is 16.5. The lowest BCUT2D eigenvalue weighted by molar-refractivity contribution is -0.0617. The Balaban J connectivity index is 1.68. The second-order valence-electron chi connectivity index (χ2n) is 7.63. The summed E-state index contributed by atoms with van der Waals surface area (Å²) in [6, 6.07) is 1.08. The number of morpholine rings is 1. The van der Waals surface area contributed by atoms with Crippen LogP contribution in [0.25, 0.3) is 0 Å². The molecule has 132 valence electrons. The van der Waals surface area contributed by atoms with Crippen molar-refractivity contribution in [3.8, 4) is 0 Å². The van der Waals surface area contributed by atoms with E-state index in [9.17, 15) is 0 Å².